The zero-order valence-electron chi connectivity index (χ0n) is 7.86. The van der Waals surface area contributed by atoms with Crippen LogP contribution in [0.2, 0.25) is 0 Å². The topological polar surface area (TPSA) is 37.9 Å². The fourth-order valence-electron chi connectivity index (χ4n) is 1.67. The van der Waals surface area contributed by atoms with Gasteiger partial charge in [-0.05, 0) is 31.4 Å². The van der Waals surface area contributed by atoms with Gasteiger partial charge in [-0.15, -0.1) is 0 Å². The molecule has 0 amide bonds. The quantitative estimate of drug-likeness (QED) is 0.786. The number of fused-ring (bicyclic) bond motifs is 1. The highest BCUT2D eigenvalue weighted by atomic mass is 16.5. The Morgan fingerprint density at radius 1 is 1.36 bits per heavy atom. The van der Waals surface area contributed by atoms with Crippen LogP contribution in [0.3, 0.4) is 0 Å². The molecule has 1 aliphatic rings. The molecule has 1 fully saturated rings. The predicted molar refractivity (Wildman–Crippen MR) is 54.4 cm³/mol. The van der Waals surface area contributed by atoms with Gasteiger partial charge < -0.3 is 4.74 Å². The Balaban J connectivity index is 1.88. The van der Waals surface area contributed by atoms with Crippen LogP contribution in [-0.4, -0.2) is 16.3 Å². The molecule has 0 unspecified atom stereocenters. The van der Waals surface area contributed by atoms with Crippen molar-refractivity contribution >= 4 is 10.9 Å². The molecule has 0 spiro atoms. The summed E-state index contributed by atoms with van der Waals surface area (Å²) >= 11 is 0. The minimum Gasteiger partial charge on any atom is -0.490 e. The smallest absolute Gasteiger partial charge is 0.121 e. The average molecular weight is 188 g/mol. The van der Waals surface area contributed by atoms with Crippen molar-refractivity contribution in [3.8, 4) is 5.75 Å². The highest BCUT2D eigenvalue weighted by molar-refractivity contribution is 5.79. The summed E-state index contributed by atoms with van der Waals surface area (Å²) in [6, 6.07) is 6.06. The molecule has 1 aromatic carbocycles. The molecule has 0 bridgehead atoms. The number of ether oxygens (including phenoxy) is 1. The summed E-state index contributed by atoms with van der Waals surface area (Å²) < 4.78 is 5.78. The first-order valence-electron chi connectivity index (χ1n) is 5.01. The number of nitrogens with zero attached hydrogens (tertiary/aromatic N) is 1. The molecule has 3 nitrogen and oxygen atoms in total. The van der Waals surface area contributed by atoms with Crippen molar-refractivity contribution in [1.82, 2.24) is 10.2 Å². The van der Waals surface area contributed by atoms with Gasteiger partial charge in [0.25, 0.3) is 0 Å². The Labute approximate surface area is 82.1 Å². The van der Waals surface area contributed by atoms with Gasteiger partial charge in [-0.3, -0.25) is 5.10 Å². The third-order valence-electron chi connectivity index (χ3n) is 2.77. The number of aromatic amines is 1. The van der Waals surface area contributed by atoms with E-state index in [9.17, 15) is 0 Å². The molecule has 1 N–H and O–H groups in total. The molecular formula is C11H12N2O. The zero-order chi connectivity index (χ0) is 9.38. The molecule has 0 atom stereocenters. The number of rotatable bonds is 2. The highest BCUT2D eigenvalue weighted by Crippen LogP contribution is 2.26. The highest BCUT2D eigenvalue weighted by Gasteiger charge is 2.18. The van der Waals surface area contributed by atoms with E-state index in [1.165, 1.54) is 19.3 Å². The van der Waals surface area contributed by atoms with Crippen molar-refractivity contribution in [3.05, 3.63) is 24.4 Å². The number of H-pyrrole nitrogens is 1. The molecule has 1 aliphatic carbocycles. The standard InChI is InChI=1S/C11H12N2O/c1-2-9(3-1)14-10-5-4-8-7-12-13-11(8)6-10/h4-7,9H,1-3H2,(H,12,13). The molecular weight excluding hydrogens is 176 g/mol. The molecule has 72 valence electrons. The average Bonchev–Trinajstić information content (AvgIpc) is 2.58. The normalized spacial score (nSPS) is 16.9. The van der Waals surface area contributed by atoms with Crippen LogP contribution in [0, 0.1) is 0 Å². The second-order valence-electron chi connectivity index (χ2n) is 3.79. The lowest BCUT2D eigenvalue weighted by Crippen LogP contribution is -2.24. The summed E-state index contributed by atoms with van der Waals surface area (Å²) in [5, 5.41) is 8.04. The van der Waals surface area contributed by atoms with Gasteiger partial charge in [-0.1, -0.05) is 0 Å². The molecule has 2 aromatic rings. The van der Waals surface area contributed by atoms with Crippen LogP contribution in [0.5, 0.6) is 5.75 Å². The fourth-order valence-corrected chi connectivity index (χ4v) is 1.67. The summed E-state index contributed by atoms with van der Waals surface area (Å²) in [6.07, 6.45) is 5.96. The van der Waals surface area contributed by atoms with Crippen molar-refractivity contribution < 1.29 is 4.74 Å². The summed E-state index contributed by atoms with van der Waals surface area (Å²) in [6.45, 7) is 0. The first kappa shape index (κ1) is 7.85. The Hall–Kier alpha value is -1.51. The maximum atomic E-state index is 5.78. The summed E-state index contributed by atoms with van der Waals surface area (Å²) in [7, 11) is 0. The lowest BCUT2D eigenvalue weighted by Gasteiger charge is -2.26. The van der Waals surface area contributed by atoms with Crippen LogP contribution in [0.4, 0.5) is 0 Å². The Morgan fingerprint density at radius 2 is 2.29 bits per heavy atom. The summed E-state index contributed by atoms with van der Waals surface area (Å²) in [4.78, 5) is 0. The number of hydrogen-bond acceptors (Lipinski definition) is 2. The van der Waals surface area contributed by atoms with Crippen LogP contribution >= 0.6 is 0 Å². The van der Waals surface area contributed by atoms with E-state index >= 15 is 0 Å². The van der Waals surface area contributed by atoms with Crippen LogP contribution in [0.1, 0.15) is 19.3 Å². The van der Waals surface area contributed by atoms with Crippen LogP contribution in [-0.2, 0) is 0 Å². The van der Waals surface area contributed by atoms with Crippen LogP contribution in [0.25, 0.3) is 10.9 Å². The van der Waals surface area contributed by atoms with Crippen molar-refractivity contribution in [2.24, 2.45) is 0 Å². The first-order chi connectivity index (χ1) is 6.92. The van der Waals surface area contributed by atoms with Crippen molar-refractivity contribution in [2.75, 3.05) is 0 Å². The summed E-state index contributed by atoms with van der Waals surface area (Å²) in [5.74, 6) is 0.950. The van der Waals surface area contributed by atoms with Crippen molar-refractivity contribution in [3.63, 3.8) is 0 Å². The van der Waals surface area contributed by atoms with Crippen LogP contribution < -0.4 is 4.74 Å². The Bertz CT molecular complexity index is 445. The van der Waals surface area contributed by atoms with E-state index in [0.717, 1.165) is 16.7 Å². The van der Waals surface area contributed by atoms with E-state index in [0.29, 0.717) is 6.10 Å². The van der Waals surface area contributed by atoms with Gasteiger partial charge in [0.15, 0.2) is 0 Å². The SMILES string of the molecule is c1cc2cn[nH]c2cc1OC1CCC1. The van der Waals surface area contributed by atoms with Gasteiger partial charge in [0, 0.05) is 11.5 Å². The molecule has 3 heteroatoms. The van der Waals surface area contributed by atoms with E-state index in [-0.39, 0.29) is 0 Å². The molecule has 14 heavy (non-hydrogen) atoms. The second kappa shape index (κ2) is 3.01. The molecule has 1 heterocycles. The second-order valence-corrected chi connectivity index (χ2v) is 3.79. The molecule has 0 aliphatic heterocycles. The van der Waals surface area contributed by atoms with Gasteiger partial charge in [-0.2, -0.15) is 5.10 Å². The van der Waals surface area contributed by atoms with E-state index in [4.69, 9.17) is 4.74 Å². The number of aromatic nitrogens is 2. The van der Waals surface area contributed by atoms with Crippen LogP contribution in [0.15, 0.2) is 24.4 Å². The van der Waals surface area contributed by atoms with Gasteiger partial charge in [0.2, 0.25) is 0 Å². The molecule has 1 saturated carbocycles. The maximum absolute atomic E-state index is 5.78. The molecule has 0 radical (unpaired) electrons. The van der Waals surface area contributed by atoms with E-state index in [1.54, 1.807) is 0 Å². The molecule has 1 aromatic heterocycles. The minimum atomic E-state index is 0.440. The van der Waals surface area contributed by atoms with E-state index in [1.807, 2.05) is 24.4 Å². The van der Waals surface area contributed by atoms with Crippen molar-refractivity contribution in [1.29, 1.82) is 0 Å². The summed E-state index contributed by atoms with van der Waals surface area (Å²) in [5.41, 5.74) is 1.04. The Morgan fingerprint density at radius 3 is 3.07 bits per heavy atom. The number of nitrogens with one attached hydrogen (secondary N) is 1. The third kappa shape index (κ3) is 1.25. The van der Waals surface area contributed by atoms with Crippen molar-refractivity contribution in [2.45, 2.75) is 25.4 Å². The van der Waals surface area contributed by atoms with Gasteiger partial charge in [-0.25, -0.2) is 0 Å². The lowest BCUT2D eigenvalue weighted by molar-refractivity contribution is 0.120. The monoisotopic (exact) mass is 188 g/mol. The van der Waals surface area contributed by atoms with Gasteiger partial charge in [0.05, 0.1) is 17.8 Å². The largest absolute Gasteiger partial charge is 0.490 e. The Kier molecular flexibility index (Phi) is 1.69. The fraction of sp³-hybridized carbons (Fsp3) is 0.364. The van der Waals surface area contributed by atoms with Gasteiger partial charge in [0.1, 0.15) is 5.75 Å². The minimum absolute atomic E-state index is 0.440. The molecule has 3 rings (SSSR count). The maximum Gasteiger partial charge on any atom is 0.121 e. The van der Waals surface area contributed by atoms with E-state index in [2.05, 4.69) is 10.2 Å². The predicted octanol–water partition coefficient (Wildman–Crippen LogP) is 2.49. The van der Waals surface area contributed by atoms with E-state index < -0.39 is 0 Å². The van der Waals surface area contributed by atoms with Gasteiger partial charge >= 0.3 is 0 Å². The zero-order valence-corrected chi connectivity index (χ0v) is 7.86. The third-order valence-corrected chi connectivity index (χ3v) is 2.77. The lowest BCUT2D eigenvalue weighted by atomic mass is 9.96. The molecule has 0 saturated heterocycles. The first-order valence-corrected chi connectivity index (χ1v) is 5.01. The number of hydrogen-bond donors (Lipinski definition) is 1. The number of benzene rings is 1.